The first-order chi connectivity index (χ1) is 9.18. The fourth-order valence-corrected chi connectivity index (χ4v) is 1.78. The van der Waals surface area contributed by atoms with Crippen LogP contribution in [0.3, 0.4) is 0 Å². The zero-order chi connectivity index (χ0) is 13.7. The predicted octanol–water partition coefficient (Wildman–Crippen LogP) is 0.747. The summed E-state index contributed by atoms with van der Waals surface area (Å²) in [6, 6.07) is 7.26. The van der Waals surface area contributed by atoms with Crippen LogP contribution in [0.15, 0.2) is 33.5 Å². The molecule has 6 nitrogen and oxygen atoms in total. The van der Waals surface area contributed by atoms with E-state index in [-0.39, 0.29) is 11.7 Å². The van der Waals surface area contributed by atoms with Crippen molar-refractivity contribution in [3.8, 4) is 0 Å². The van der Waals surface area contributed by atoms with Gasteiger partial charge in [0.25, 0.3) is 0 Å². The van der Waals surface area contributed by atoms with E-state index in [2.05, 4.69) is 5.32 Å². The first-order valence-corrected chi connectivity index (χ1v) is 6.09. The van der Waals surface area contributed by atoms with Gasteiger partial charge in [-0.15, -0.1) is 0 Å². The minimum Gasteiger partial charge on any atom is -0.408 e. The standard InChI is InChI=1S/C13H16N2O4/c1-10(16)14-6-8-18-9-7-15-11-4-2-3-5-12(11)19-13(15)17/h2-5H,6-9H2,1H3,(H,14,16). The molecule has 1 N–H and O–H groups in total. The van der Waals surface area contributed by atoms with Gasteiger partial charge in [-0.1, -0.05) is 12.1 Å². The van der Waals surface area contributed by atoms with Gasteiger partial charge in [0.05, 0.1) is 25.3 Å². The van der Waals surface area contributed by atoms with Gasteiger partial charge >= 0.3 is 5.76 Å². The summed E-state index contributed by atoms with van der Waals surface area (Å²) in [6.07, 6.45) is 0. The molecule has 1 aromatic heterocycles. The number of carbonyl (C=O) groups excluding carboxylic acids is 1. The third-order valence-corrected chi connectivity index (χ3v) is 2.65. The highest BCUT2D eigenvalue weighted by atomic mass is 16.5. The van der Waals surface area contributed by atoms with Crippen molar-refractivity contribution in [2.45, 2.75) is 13.5 Å². The number of oxazole rings is 1. The number of carbonyl (C=O) groups is 1. The van der Waals surface area contributed by atoms with Crippen LogP contribution in [0.1, 0.15) is 6.92 Å². The van der Waals surface area contributed by atoms with Crippen LogP contribution >= 0.6 is 0 Å². The number of fused-ring (bicyclic) bond motifs is 1. The number of rotatable bonds is 6. The summed E-state index contributed by atoms with van der Waals surface area (Å²) in [5, 5.41) is 2.63. The van der Waals surface area contributed by atoms with Gasteiger partial charge in [-0.05, 0) is 12.1 Å². The normalized spacial score (nSPS) is 10.8. The maximum atomic E-state index is 11.6. The van der Waals surface area contributed by atoms with Crippen molar-refractivity contribution in [1.82, 2.24) is 9.88 Å². The van der Waals surface area contributed by atoms with Crippen LogP contribution in [-0.4, -0.2) is 30.2 Å². The molecule has 102 valence electrons. The lowest BCUT2D eigenvalue weighted by Gasteiger charge is -2.05. The molecule has 1 amide bonds. The second kappa shape index (κ2) is 6.19. The van der Waals surface area contributed by atoms with Crippen molar-refractivity contribution in [1.29, 1.82) is 0 Å². The van der Waals surface area contributed by atoms with Gasteiger partial charge in [0.2, 0.25) is 5.91 Å². The van der Waals surface area contributed by atoms with Crippen LogP contribution in [-0.2, 0) is 16.1 Å². The summed E-state index contributed by atoms with van der Waals surface area (Å²) in [6.45, 7) is 3.16. The summed E-state index contributed by atoms with van der Waals surface area (Å²) in [5.74, 6) is -0.465. The molecule has 0 spiro atoms. The second-order valence-corrected chi connectivity index (χ2v) is 4.08. The Bertz CT molecular complexity index is 614. The SMILES string of the molecule is CC(=O)NCCOCCn1c(=O)oc2ccccc21. The molecule has 2 aromatic rings. The molecule has 0 bridgehead atoms. The number of para-hydroxylation sites is 2. The molecule has 0 radical (unpaired) electrons. The lowest BCUT2D eigenvalue weighted by molar-refractivity contribution is -0.119. The lowest BCUT2D eigenvalue weighted by Crippen LogP contribution is -2.25. The Morgan fingerprint density at radius 3 is 2.95 bits per heavy atom. The van der Waals surface area contributed by atoms with E-state index in [4.69, 9.17) is 9.15 Å². The number of amides is 1. The Labute approximate surface area is 110 Å². The molecule has 0 aliphatic rings. The van der Waals surface area contributed by atoms with Gasteiger partial charge in [-0.3, -0.25) is 9.36 Å². The molecule has 19 heavy (non-hydrogen) atoms. The van der Waals surface area contributed by atoms with Crippen molar-refractivity contribution in [3.63, 3.8) is 0 Å². The van der Waals surface area contributed by atoms with E-state index < -0.39 is 0 Å². The molecule has 0 atom stereocenters. The molecule has 6 heteroatoms. The fraction of sp³-hybridized carbons (Fsp3) is 0.385. The van der Waals surface area contributed by atoms with Gasteiger partial charge in [0.15, 0.2) is 5.58 Å². The van der Waals surface area contributed by atoms with E-state index in [1.54, 1.807) is 6.07 Å². The Morgan fingerprint density at radius 1 is 1.37 bits per heavy atom. The summed E-state index contributed by atoms with van der Waals surface area (Å²) < 4.78 is 12.0. The van der Waals surface area contributed by atoms with Gasteiger partial charge in [0, 0.05) is 13.5 Å². The number of hydrogen-bond donors (Lipinski definition) is 1. The number of benzene rings is 1. The number of aromatic nitrogens is 1. The van der Waals surface area contributed by atoms with Gasteiger partial charge in [0.1, 0.15) is 0 Å². The van der Waals surface area contributed by atoms with E-state index in [0.29, 0.717) is 31.9 Å². The minimum absolute atomic E-state index is 0.0827. The van der Waals surface area contributed by atoms with Crippen molar-refractivity contribution in [3.05, 3.63) is 34.8 Å². The van der Waals surface area contributed by atoms with E-state index in [9.17, 15) is 9.59 Å². The third kappa shape index (κ3) is 3.45. The number of hydrogen-bond acceptors (Lipinski definition) is 4. The highest BCUT2D eigenvalue weighted by Crippen LogP contribution is 2.11. The van der Waals surface area contributed by atoms with Crippen LogP contribution in [0.4, 0.5) is 0 Å². The molecular weight excluding hydrogens is 248 g/mol. The van der Waals surface area contributed by atoms with Gasteiger partial charge in [-0.2, -0.15) is 0 Å². The van der Waals surface area contributed by atoms with Crippen molar-refractivity contribution in [2.24, 2.45) is 0 Å². The average Bonchev–Trinajstić information content (AvgIpc) is 2.69. The fourth-order valence-electron chi connectivity index (χ4n) is 1.78. The number of ether oxygens (including phenoxy) is 1. The average molecular weight is 264 g/mol. The number of nitrogens with zero attached hydrogens (tertiary/aromatic N) is 1. The summed E-state index contributed by atoms with van der Waals surface area (Å²) in [4.78, 5) is 22.3. The molecule has 0 saturated carbocycles. The van der Waals surface area contributed by atoms with E-state index in [0.717, 1.165) is 5.52 Å². The first kappa shape index (κ1) is 13.4. The summed E-state index contributed by atoms with van der Waals surface area (Å²) in [7, 11) is 0. The summed E-state index contributed by atoms with van der Waals surface area (Å²) >= 11 is 0. The molecule has 0 aliphatic carbocycles. The smallest absolute Gasteiger partial charge is 0.408 e. The van der Waals surface area contributed by atoms with Crippen LogP contribution in [0.2, 0.25) is 0 Å². The van der Waals surface area contributed by atoms with Crippen molar-refractivity contribution >= 4 is 17.0 Å². The molecule has 0 saturated heterocycles. The maximum absolute atomic E-state index is 11.6. The second-order valence-electron chi connectivity index (χ2n) is 4.08. The zero-order valence-electron chi connectivity index (χ0n) is 10.7. The Morgan fingerprint density at radius 2 is 2.16 bits per heavy atom. The molecular formula is C13H16N2O4. The first-order valence-electron chi connectivity index (χ1n) is 6.09. The van der Waals surface area contributed by atoms with Crippen LogP contribution in [0, 0.1) is 0 Å². The molecule has 0 fully saturated rings. The van der Waals surface area contributed by atoms with Gasteiger partial charge in [-0.25, -0.2) is 4.79 Å². The van der Waals surface area contributed by atoms with Crippen molar-refractivity contribution in [2.75, 3.05) is 19.8 Å². The monoisotopic (exact) mass is 264 g/mol. The quantitative estimate of drug-likeness (QED) is 0.781. The van der Waals surface area contributed by atoms with Gasteiger partial charge < -0.3 is 14.5 Å². The molecule has 1 aromatic carbocycles. The minimum atomic E-state index is -0.383. The van der Waals surface area contributed by atoms with E-state index >= 15 is 0 Å². The molecule has 0 unspecified atom stereocenters. The zero-order valence-corrected chi connectivity index (χ0v) is 10.7. The maximum Gasteiger partial charge on any atom is 0.420 e. The highest BCUT2D eigenvalue weighted by Gasteiger charge is 2.07. The predicted molar refractivity (Wildman–Crippen MR) is 70.0 cm³/mol. The van der Waals surface area contributed by atoms with Crippen LogP contribution in [0.25, 0.3) is 11.1 Å². The Hall–Kier alpha value is -2.08. The Kier molecular flexibility index (Phi) is 4.35. The number of nitrogens with one attached hydrogen (secondary N) is 1. The molecule has 0 aliphatic heterocycles. The van der Waals surface area contributed by atoms with Crippen LogP contribution in [0.5, 0.6) is 0 Å². The Balaban J connectivity index is 1.86. The summed E-state index contributed by atoms with van der Waals surface area (Å²) in [5.41, 5.74) is 1.34. The van der Waals surface area contributed by atoms with E-state index in [1.165, 1.54) is 11.5 Å². The topological polar surface area (TPSA) is 73.5 Å². The molecule has 1 heterocycles. The van der Waals surface area contributed by atoms with E-state index in [1.807, 2.05) is 18.2 Å². The largest absolute Gasteiger partial charge is 0.420 e. The van der Waals surface area contributed by atoms with Crippen molar-refractivity contribution < 1.29 is 13.9 Å². The van der Waals surface area contributed by atoms with Crippen LogP contribution < -0.4 is 11.1 Å². The highest BCUT2D eigenvalue weighted by molar-refractivity contribution is 5.73. The molecule has 2 rings (SSSR count). The third-order valence-electron chi connectivity index (χ3n) is 2.65. The lowest BCUT2D eigenvalue weighted by atomic mass is 10.3.